The molecule has 0 amide bonds. The predicted molar refractivity (Wildman–Crippen MR) is 72.0 cm³/mol. The molecule has 1 saturated carbocycles. The highest BCUT2D eigenvalue weighted by molar-refractivity contribution is 5.22. The molecule has 3 heteroatoms. The summed E-state index contributed by atoms with van der Waals surface area (Å²) in [6, 6.07) is 13.5. The fourth-order valence-electron chi connectivity index (χ4n) is 2.46. The molecular weight excluding hydrogens is 222 g/mol. The molecule has 0 aliphatic heterocycles. The molecule has 1 aromatic heterocycles. The second kappa shape index (κ2) is 4.94. The van der Waals surface area contributed by atoms with Gasteiger partial charge in [0.2, 0.25) is 0 Å². The lowest BCUT2D eigenvalue weighted by molar-refractivity contribution is 0.422. The number of aromatic nitrogens is 2. The summed E-state index contributed by atoms with van der Waals surface area (Å²) in [5, 5.41) is 10.8. The third-order valence-electron chi connectivity index (χ3n) is 3.67. The van der Waals surface area contributed by atoms with E-state index in [0.29, 0.717) is 12.1 Å². The number of aromatic amines is 1. The third-order valence-corrected chi connectivity index (χ3v) is 3.67. The normalized spacial score (nSPS) is 18.5. The zero-order chi connectivity index (χ0) is 12.4. The van der Waals surface area contributed by atoms with Crippen LogP contribution in [0.5, 0.6) is 0 Å². The summed E-state index contributed by atoms with van der Waals surface area (Å²) in [7, 11) is 0. The lowest BCUT2D eigenvalue weighted by Gasteiger charge is -2.23. The highest BCUT2D eigenvalue weighted by Crippen LogP contribution is 2.41. The van der Waals surface area contributed by atoms with Gasteiger partial charge >= 0.3 is 0 Å². The molecule has 2 N–H and O–H groups in total. The first-order valence-corrected chi connectivity index (χ1v) is 6.65. The van der Waals surface area contributed by atoms with E-state index >= 15 is 0 Å². The van der Waals surface area contributed by atoms with Crippen LogP contribution in [-0.2, 0) is 0 Å². The second-order valence-corrected chi connectivity index (χ2v) is 5.13. The van der Waals surface area contributed by atoms with Crippen molar-refractivity contribution in [3.05, 3.63) is 53.9 Å². The Kier molecular flexibility index (Phi) is 3.15. The van der Waals surface area contributed by atoms with Crippen LogP contribution in [0.25, 0.3) is 0 Å². The fraction of sp³-hybridized carbons (Fsp3) is 0.400. The van der Waals surface area contributed by atoms with Gasteiger partial charge in [-0.3, -0.25) is 5.10 Å². The van der Waals surface area contributed by atoms with Crippen LogP contribution in [0, 0.1) is 5.92 Å². The zero-order valence-electron chi connectivity index (χ0n) is 10.6. The minimum absolute atomic E-state index is 0.304. The maximum Gasteiger partial charge on any atom is 0.0518 e. The van der Waals surface area contributed by atoms with Gasteiger partial charge in [-0.05, 0) is 37.3 Å². The van der Waals surface area contributed by atoms with Crippen molar-refractivity contribution >= 4 is 0 Å². The number of hydrogen-bond donors (Lipinski definition) is 2. The quantitative estimate of drug-likeness (QED) is 0.844. The lowest BCUT2D eigenvalue weighted by atomic mass is 10.0. The van der Waals surface area contributed by atoms with E-state index in [1.807, 2.05) is 12.3 Å². The molecule has 1 aliphatic rings. The van der Waals surface area contributed by atoms with E-state index in [2.05, 4.69) is 52.8 Å². The van der Waals surface area contributed by atoms with Crippen LogP contribution in [-0.4, -0.2) is 10.2 Å². The predicted octanol–water partition coefficient (Wildman–Crippen LogP) is 3.21. The average Bonchev–Trinajstić information content (AvgIpc) is 3.10. The van der Waals surface area contributed by atoms with Gasteiger partial charge in [0.25, 0.3) is 0 Å². The van der Waals surface area contributed by atoms with Crippen molar-refractivity contribution in [1.29, 1.82) is 0 Å². The monoisotopic (exact) mass is 241 g/mol. The van der Waals surface area contributed by atoms with E-state index in [0.717, 1.165) is 11.6 Å². The van der Waals surface area contributed by atoms with Crippen LogP contribution in [0.1, 0.15) is 43.1 Å². The van der Waals surface area contributed by atoms with Gasteiger partial charge in [0, 0.05) is 18.3 Å². The Labute approximate surface area is 108 Å². The minimum atomic E-state index is 0.304. The Bertz CT molecular complexity index is 474. The van der Waals surface area contributed by atoms with Crippen LogP contribution < -0.4 is 5.32 Å². The summed E-state index contributed by atoms with van der Waals surface area (Å²) in [4.78, 5) is 0. The molecule has 3 rings (SSSR count). The first kappa shape index (κ1) is 11.5. The maximum absolute atomic E-state index is 4.02. The molecule has 2 aromatic rings. The Morgan fingerprint density at radius 1 is 1.22 bits per heavy atom. The summed E-state index contributed by atoms with van der Waals surface area (Å²) in [5.74, 6) is 0.790. The van der Waals surface area contributed by atoms with E-state index in [-0.39, 0.29) is 0 Å². The van der Waals surface area contributed by atoms with E-state index in [1.54, 1.807) is 0 Å². The first-order chi connectivity index (χ1) is 8.84. The topological polar surface area (TPSA) is 40.7 Å². The molecule has 3 nitrogen and oxygen atoms in total. The summed E-state index contributed by atoms with van der Waals surface area (Å²) >= 11 is 0. The van der Waals surface area contributed by atoms with Gasteiger partial charge in [-0.25, -0.2) is 0 Å². The molecular formula is C15H19N3. The van der Waals surface area contributed by atoms with Crippen LogP contribution in [0.4, 0.5) is 0 Å². The van der Waals surface area contributed by atoms with Crippen molar-refractivity contribution in [2.75, 3.05) is 0 Å². The van der Waals surface area contributed by atoms with E-state index in [9.17, 15) is 0 Å². The van der Waals surface area contributed by atoms with Crippen LogP contribution in [0.3, 0.4) is 0 Å². The molecule has 1 aromatic carbocycles. The molecule has 18 heavy (non-hydrogen) atoms. The molecule has 94 valence electrons. The molecule has 0 bridgehead atoms. The van der Waals surface area contributed by atoms with Crippen molar-refractivity contribution < 1.29 is 0 Å². The summed E-state index contributed by atoms with van der Waals surface area (Å²) in [5.41, 5.74) is 2.54. The number of nitrogens with one attached hydrogen (secondary N) is 2. The zero-order valence-corrected chi connectivity index (χ0v) is 10.6. The van der Waals surface area contributed by atoms with Crippen LogP contribution in [0.15, 0.2) is 42.6 Å². The summed E-state index contributed by atoms with van der Waals surface area (Å²) < 4.78 is 0. The van der Waals surface area contributed by atoms with Crippen molar-refractivity contribution in [2.45, 2.75) is 31.8 Å². The molecule has 1 fully saturated rings. The number of H-pyrrole nitrogens is 1. The lowest BCUT2D eigenvalue weighted by Crippen LogP contribution is -2.26. The minimum Gasteiger partial charge on any atom is -0.302 e. The van der Waals surface area contributed by atoms with Crippen LogP contribution >= 0.6 is 0 Å². The molecule has 1 heterocycles. The molecule has 0 radical (unpaired) electrons. The highest BCUT2D eigenvalue weighted by atomic mass is 15.1. The standard InChI is InChI=1S/C15H19N3/c1-11(14-9-10-16-18-14)17-15(13-7-8-13)12-5-3-2-4-6-12/h2-6,9-11,13,15,17H,7-8H2,1H3,(H,16,18). The van der Waals surface area contributed by atoms with Crippen molar-refractivity contribution in [2.24, 2.45) is 5.92 Å². The third kappa shape index (κ3) is 2.46. The highest BCUT2D eigenvalue weighted by Gasteiger charge is 2.33. The Hall–Kier alpha value is -1.61. The van der Waals surface area contributed by atoms with Gasteiger partial charge in [-0.15, -0.1) is 0 Å². The fourth-order valence-corrected chi connectivity index (χ4v) is 2.46. The van der Waals surface area contributed by atoms with Gasteiger partial charge in [-0.1, -0.05) is 30.3 Å². The van der Waals surface area contributed by atoms with Gasteiger partial charge in [0.1, 0.15) is 0 Å². The smallest absolute Gasteiger partial charge is 0.0518 e. The first-order valence-electron chi connectivity index (χ1n) is 6.65. The van der Waals surface area contributed by atoms with E-state index in [1.165, 1.54) is 18.4 Å². The molecule has 0 spiro atoms. The summed E-state index contributed by atoms with van der Waals surface area (Å²) in [6.45, 7) is 2.19. The molecule has 1 aliphatic carbocycles. The number of rotatable bonds is 5. The SMILES string of the molecule is CC(NC(c1ccccc1)C1CC1)c1ccn[nH]1. The van der Waals surface area contributed by atoms with Gasteiger partial charge < -0.3 is 5.32 Å². The Balaban J connectivity index is 1.75. The number of nitrogens with zero attached hydrogens (tertiary/aromatic N) is 1. The number of benzene rings is 1. The van der Waals surface area contributed by atoms with Crippen molar-refractivity contribution in [1.82, 2.24) is 15.5 Å². The van der Waals surface area contributed by atoms with Crippen molar-refractivity contribution in [3.63, 3.8) is 0 Å². The largest absolute Gasteiger partial charge is 0.302 e. The number of hydrogen-bond acceptors (Lipinski definition) is 2. The van der Waals surface area contributed by atoms with Gasteiger partial charge in [0.05, 0.1) is 5.69 Å². The van der Waals surface area contributed by atoms with Gasteiger partial charge in [-0.2, -0.15) is 5.10 Å². The molecule has 0 saturated heterocycles. The van der Waals surface area contributed by atoms with Gasteiger partial charge in [0.15, 0.2) is 0 Å². The van der Waals surface area contributed by atoms with Crippen molar-refractivity contribution in [3.8, 4) is 0 Å². The van der Waals surface area contributed by atoms with E-state index < -0.39 is 0 Å². The Morgan fingerprint density at radius 3 is 2.61 bits per heavy atom. The second-order valence-electron chi connectivity index (χ2n) is 5.13. The maximum atomic E-state index is 4.02. The average molecular weight is 241 g/mol. The Morgan fingerprint density at radius 2 is 2.00 bits per heavy atom. The van der Waals surface area contributed by atoms with Crippen LogP contribution in [0.2, 0.25) is 0 Å². The van der Waals surface area contributed by atoms with E-state index in [4.69, 9.17) is 0 Å². The molecule has 2 unspecified atom stereocenters. The molecule has 2 atom stereocenters. The summed E-state index contributed by atoms with van der Waals surface area (Å²) in [6.07, 6.45) is 4.48.